The van der Waals surface area contributed by atoms with E-state index in [0.29, 0.717) is 6.04 Å². The summed E-state index contributed by atoms with van der Waals surface area (Å²) >= 11 is 1.72. The molecular weight excluding hydrogens is 232 g/mol. The third-order valence-electron chi connectivity index (χ3n) is 2.85. The number of nitrogens with zero attached hydrogens (tertiary/aromatic N) is 3. The monoisotopic (exact) mass is 250 g/mol. The summed E-state index contributed by atoms with van der Waals surface area (Å²) in [6.07, 6.45) is 5.77. The van der Waals surface area contributed by atoms with Gasteiger partial charge in [-0.3, -0.25) is 4.68 Å². The number of hydrogen-bond acceptors (Lipinski definition) is 4. The maximum Gasteiger partial charge on any atom is 0.109 e. The molecular formula is C12H18N4S. The molecule has 2 aromatic rings. The normalized spacial score (nSPS) is 12.8. The van der Waals surface area contributed by atoms with Gasteiger partial charge in [-0.25, -0.2) is 4.98 Å². The first-order valence-corrected chi connectivity index (χ1v) is 6.79. The molecule has 4 nitrogen and oxygen atoms in total. The van der Waals surface area contributed by atoms with Crippen molar-refractivity contribution in [2.75, 3.05) is 6.54 Å². The summed E-state index contributed by atoms with van der Waals surface area (Å²) in [6, 6.07) is 2.44. The van der Waals surface area contributed by atoms with Crippen molar-refractivity contribution >= 4 is 11.3 Å². The van der Waals surface area contributed by atoms with E-state index in [4.69, 9.17) is 0 Å². The van der Waals surface area contributed by atoms with Crippen molar-refractivity contribution in [3.63, 3.8) is 0 Å². The van der Waals surface area contributed by atoms with Crippen LogP contribution in [0.15, 0.2) is 23.8 Å². The molecule has 1 unspecified atom stereocenters. The van der Waals surface area contributed by atoms with E-state index in [-0.39, 0.29) is 0 Å². The van der Waals surface area contributed by atoms with E-state index in [1.807, 2.05) is 29.5 Å². The van der Waals surface area contributed by atoms with Crippen molar-refractivity contribution in [1.82, 2.24) is 20.1 Å². The van der Waals surface area contributed by atoms with Crippen molar-refractivity contribution in [3.8, 4) is 0 Å². The Bertz CT molecular complexity index is 435. The lowest BCUT2D eigenvalue weighted by molar-refractivity contribution is 0.514. The Kier molecular flexibility index (Phi) is 4.28. The predicted molar refractivity (Wildman–Crippen MR) is 70.1 cm³/mol. The minimum absolute atomic E-state index is 0.378. The van der Waals surface area contributed by atoms with Gasteiger partial charge in [0.05, 0.1) is 6.04 Å². The Morgan fingerprint density at radius 3 is 2.94 bits per heavy atom. The highest BCUT2D eigenvalue weighted by atomic mass is 32.1. The van der Waals surface area contributed by atoms with Gasteiger partial charge in [-0.1, -0.05) is 6.92 Å². The molecule has 17 heavy (non-hydrogen) atoms. The molecule has 0 aliphatic carbocycles. The lowest BCUT2D eigenvalue weighted by Crippen LogP contribution is -2.23. The average molecular weight is 250 g/mol. The molecule has 1 N–H and O–H groups in total. The Labute approximate surface area is 106 Å². The van der Waals surface area contributed by atoms with Crippen LogP contribution in [-0.2, 0) is 13.5 Å². The van der Waals surface area contributed by atoms with Crippen LogP contribution in [0.1, 0.15) is 30.1 Å². The fraction of sp³-hybridized carbons (Fsp3) is 0.500. The summed E-state index contributed by atoms with van der Waals surface area (Å²) in [5, 5.41) is 10.9. The number of thiazole rings is 1. The Morgan fingerprint density at radius 2 is 2.35 bits per heavy atom. The molecule has 2 rings (SSSR count). The summed E-state index contributed by atoms with van der Waals surface area (Å²) in [5.41, 5.74) is 1.26. The maximum atomic E-state index is 4.36. The summed E-state index contributed by atoms with van der Waals surface area (Å²) in [7, 11) is 1.98. The molecule has 0 saturated heterocycles. The minimum atomic E-state index is 0.378. The lowest BCUT2D eigenvalue weighted by Gasteiger charge is -2.14. The number of nitrogens with one attached hydrogen (secondary N) is 1. The van der Waals surface area contributed by atoms with Crippen molar-refractivity contribution in [2.45, 2.75) is 25.8 Å². The average Bonchev–Trinajstić information content (AvgIpc) is 2.97. The topological polar surface area (TPSA) is 42.7 Å². The van der Waals surface area contributed by atoms with Crippen molar-refractivity contribution in [2.24, 2.45) is 7.05 Å². The van der Waals surface area contributed by atoms with Gasteiger partial charge >= 0.3 is 0 Å². The molecule has 0 aliphatic heterocycles. The molecule has 2 heterocycles. The largest absolute Gasteiger partial charge is 0.308 e. The summed E-state index contributed by atoms with van der Waals surface area (Å²) in [4.78, 5) is 4.36. The Hall–Kier alpha value is -1.20. The Morgan fingerprint density at radius 1 is 1.47 bits per heavy atom. The van der Waals surface area contributed by atoms with Crippen LogP contribution in [-0.4, -0.2) is 21.3 Å². The molecule has 1 atom stereocenters. The fourth-order valence-electron chi connectivity index (χ4n) is 1.83. The second kappa shape index (κ2) is 5.93. The van der Waals surface area contributed by atoms with E-state index >= 15 is 0 Å². The van der Waals surface area contributed by atoms with Gasteiger partial charge in [0, 0.05) is 43.5 Å². The number of aromatic nitrogens is 3. The quantitative estimate of drug-likeness (QED) is 0.854. The van der Waals surface area contributed by atoms with E-state index in [9.17, 15) is 0 Å². The number of rotatable bonds is 6. The number of aryl methyl sites for hydroxylation is 1. The molecule has 0 aliphatic rings. The molecule has 0 aromatic carbocycles. The van der Waals surface area contributed by atoms with E-state index < -0.39 is 0 Å². The predicted octanol–water partition coefficient (Wildman–Crippen LogP) is 2.16. The van der Waals surface area contributed by atoms with Gasteiger partial charge in [-0.15, -0.1) is 11.3 Å². The first-order chi connectivity index (χ1) is 8.31. The molecule has 92 valence electrons. The van der Waals surface area contributed by atoms with Gasteiger partial charge in [0.1, 0.15) is 5.01 Å². The molecule has 0 bridgehead atoms. The summed E-state index contributed by atoms with van der Waals surface area (Å²) in [5.74, 6) is 0. The van der Waals surface area contributed by atoms with Gasteiger partial charge in [-0.05, 0) is 12.5 Å². The molecule has 0 spiro atoms. The lowest BCUT2D eigenvalue weighted by atomic mass is 10.2. The highest BCUT2D eigenvalue weighted by Gasteiger charge is 2.10. The summed E-state index contributed by atoms with van der Waals surface area (Å²) < 4.78 is 1.92. The highest BCUT2D eigenvalue weighted by Crippen LogP contribution is 2.18. The third-order valence-corrected chi connectivity index (χ3v) is 3.74. The van der Waals surface area contributed by atoms with Crippen LogP contribution < -0.4 is 5.32 Å². The van der Waals surface area contributed by atoms with Gasteiger partial charge in [-0.2, -0.15) is 5.10 Å². The first kappa shape index (κ1) is 12.3. The Balaban J connectivity index is 1.83. The van der Waals surface area contributed by atoms with E-state index in [1.165, 1.54) is 10.7 Å². The van der Waals surface area contributed by atoms with Crippen LogP contribution in [0.5, 0.6) is 0 Å². The first-order valence-electron chi connectivity index (χ1n) is 5.91. The molecule has 0 amide bonds. The SMILES string of the molecule is CCC(NCCc1ccnn1C)c1nccs1. The molecule has 0 radical (unpaired) electrons. The molecule has 2 aromatic heterocycles. The molecule has 0 fully saturated rings. The van der Waals surface area contributed by atoms with Crippen LogP contribution in [0.3, 0.4) is 0 Å². The number of hydrogen-bond donors (Lipinski definition) is 1. The third kappa shape index (κ3) is 3.14. The van der Waals surface area contributed by atoms with Gasteiger partial charge in [0.25, 0.3) is 0 Å². The van der Waals surface area contributed by atoms with Crippen molar-refractivity contribution in [3.05, 3.63) is 34.5 Å². The zero-order valence-electron chi connectivity index (χ0n) is 10.3. The fourth-order valence-corrected chi connectivity index (χ4v) is 2.63. The van der Waals surface area contributed by atoms with E-state index in [2.05, 4.69) is 28.4 Å². The van der Waals surface area contributed by atoms with Crippen LogP contribution in [0.25, 0.3) is 0 Å². The van der Waals surface area contributed by atoms with Crippen molar-refractivity contribution < 1.29 is 0 Å². The van der Waals surface area contributed by atoms with Crippen LogP contribution in [0.2, 0.25) is 0 Å². The second-order valence-corrected chi connectivity index (χ2v) is 4.91. The van der Waals surface area contributed by atoms with E-state index in [0.717, 1.165) is 19.4 Å². The van der Waals surface area contributed by atoms with Crippen molar-refractivity contribution in [1.29, 1.82) is 0 Å². The standard InChI is InChI=1S/C12H18N4S/c1-3-11(12-14-8-9-17-12)13-6-4-10-5-7-15-16(10)2/h5,7-9,11,13H,3-4,6H2,1-2H3. The van der Waals surface area contributed by atoms with Gasteiger partial charge < -0.3 is 5.32 Å². The molecule has 0 saturated carbocycles. The smallest absolute Gasteiger partial charge is 0.109 e. The maximum absolute atomic E-state index is 4.36. The van der Waals surface area contributed by atoms with Crippen LogP contribution in [0.4, 0.5) is 0 Å². The highest BCUT2D eigenvalue weighted by molar-refractivity contribution is 7.09. The van der Waals surface area contributed by atoms with Crippen LogP contribution in [0, 0.1) is 0 Å². The van der Waals surface area contributed by atoms with Gasteiger partial charge in [0.15, 0.2) is 0 Å². The zero-order chi connectivity index (χ0) is 12.1. The van der Waals surface area contributed by atoms with E-state index in [1.54, 1.807) is 11.3 Å². The minimum Gasteiger partial charge on any atom is -0.308 e. The van der Waals surface area contributed by atoms with Crippen LogP contribution >= 0.6 is 11.3 Å². The van der Waals surface area contributed by atoms with Gasteiger partial charge in [0.2, 0.25) is 0 Å². The second-order valence-electron chi connectivity index (χ2n) is 3.98. The molecule has 5 heteroatoms. The summed E-state index contributed by atoms with van der Waals surface area (Å²) in [6.45, 7) is 3.14. The zero-order valence-corrected chi connectivity index (χ0v) is 11.1.